The van der Waals surface area contributed by atoms with Crippen molar-refractivity contribution in [1.82, 2.24) is 4.90 Å². The highest BCUT2D eigenvalue weighted by atomic mass is 19.1. The molecule has 28 heavy (non-hydrogen) atoms. The van der Waals surface area contributed by atoms with E-state index in [1.807, 2.05) is 4.90 Å². The van der Waals surface area contributed by atoms with E-state index in [4.69, 9.17) is 9.47 Å². The van der Waals surface area contributed by atoms with Crippen LogP contribution in [-0.4, -0.2) is 68.1 Å². The van der Waals surface area contributed by atoms with Gasteiger partial charge in [0, 0.05) is 31.7 Å². The van der Waals surface area contributed by atoms with Gasteiger partial charge in [0.15, 0.2) is 18.5 Å². The maximum Gasteiger partial charge on any atom is 0.335 e. The van der Waals surface area contributed by atoms with Crippen molar-refractivity contribution in [1.29, 1.82) is 0 Å². The summed E-state index contributed by atoms with van der Waals surface area (Å²) in [4.78, 5) is 38.7. The van der Waals surface area contributed by atoms with E-state index in [0.29, 0.717) is 37.4 Å². The summed E-state index contributed by atoms with van der Waals surface area (Å²) in [6, 6.07) is 4.40. The lowest BCUT2D eigenvalue weighted by atomic mass is 10.1. The van der Waals surface area contributed by atoms with Gasteiger partial charge in [0.1, 0.15) is 5.82 Å². The fourth-order valence-electron chi connectivity index (χ4n) is 2.80. The third-order valence-electron chi connectivity index (χ3n) is 4.46. The second-order valence-corrected chi connectivity index (χ2v) is 6.46. The molecule has 1 atom stereocenters. The molecule has 0 radical (unpaired) electrons. The summed E-state index contributed by atoms with van der Waals surface area (Å²) in [5.41, 5.74) is 0.722. The Balaban J connectivity index is 1.83. The van der Waals surface area contributed by atoms with Crippen LogP contribution in [0.15, 0.2) is 30.9 Å². The van der Waals surface area contributed by atoms with Crippen LogP contribution in [0.25, 0.3) is 0 Å². The van der Waals surface area contributed by atoms with Crippen molar-refractivity contribution >= 4 is 23.3 Å². The van der Waals surface area contributed by atoms with Gasteiger partial charge in [0.2, 0.25) is 0 Å². The monoisotopic (exact) mass is 392 g/mol. The zero-order chi connectivity index (χ0) is 20.7. The first-order valence-corrected chi connectivity index (χ1v) is 9.05. The molecular formula is C20H25FN2O5. The maximum absolute atomic E-state index is 14.3. The third kappa shape index (κ3) is 5.63. The van der Waals surface area contributed by atoms with Crippen molar-refractivity contribution < 1.29 is 28.2 Å². The van der Waals surface area contributed by atoms with Crippen LogP contribution in [0.3, 0.4) is 0 Å². The van der Waals surface area contributed by atoms with Crippen LogP contribution >= 0.6 is 0 Å². The van der Waals surface area contributed by atoms with Crippen molar-refractivity contribution in [3.05, 3.63) is 42.2 Å². The molecule has 0 aliphatic carbocycles. The molecule has 1 fully saturated rings. The van der Waals surface area contributed by atoms with E-state index in [9.17, 15) is 18.8 Å². The molecule has 1 aromatic carbocycles. The van der Waals surface area contributed by atoms with E-state index in [0.717, 1.165) is 0 Å². The van der Waals surface area contributed by atoms with Gasteiger partial charge in [-0.25, -0.2) is 9.18 Å². The van der Waals surface area contributed by atoms with Crippen molar-refractivity contribution in [2.24, 2.45) is 0 Å². The molecule has 1 amide bonds. The number of ketones is 1. The van der Waals surface area contributed by atoms with E-state index in [2.05, 4.69) is 6.58 Å². The second-order valence-electron chi connectivity index (χ2n) is 6.46. The summed E-state index contributed by atoms with van der Waals surface area (Å²) >= 11 is 0. The van der Waals surface area contributed by atoms with E-state index >= 15 is 0 Å². The zero-order valence-corrected chi connectivity index (χ0v) is 16.2. The van der Waals surface area contributed by atoms with Crippen LogP contribution < -0.4 is 4.90 Å². The minimum absolute atomic E-state index is 0.195. The lowest BCUT2D eigenvalue weighted by molar-refractivity contribution is -0.160. The number of anilines is 1. The molecule has 1 aliphatic heterocycles. The van der Waals surface area contributed by atoms with E-state index in [-0.39, 0.29) is 24.9 Å². The van der Waals surface area contributed by atoms with Gasteiger partial charge in [0.05, 0.1) is 12.3 Å². The molecular weight excluding hydrogens is 367 g/mol. The summed E-state index contributed by atoms with van der Waals surface area (Å²) < 4.78 is 24.4. The third-order valence-corrected chi connectivity index (χ3v) is 4.46. The van der Waals surface area contributed by atoms with Crippen LogP contribution in [0, 0.1) is 5.82 Å². The molecule has 1 saturated heterocycles. The van der Waals surface area contributed by atoms with Crippen molar-refractivity contribution in [3.63, 3.8) is 0 Å². The first-order valence-electron chi connectivity index (χ1n) is 9.05. The topological polar surface area (TPSA) is 76.2 Å². The number of amides is 1. The summed E-state index contributed by atoms with van der Waals surface area (Å²) in [5, 5.41) is 0. The molecule has 152 valence electrons. The number of nitrogens with zero attached hydrogens (tertiary/aromatic N) is 2. The second kappa shape index (κ2) is 9.98. The molecule has 8 heteroatoms. The van der Waals surface area contributed by atoms with Gasteiger partial charge in [-0.2, -0.15) is 0 Å². The van der Waals surface area contributed by atoms with Crippen molar-refractivity contribution in [2.45, 2.75) is 20.0 Å². The molecule has 0 bridgehead atoms. The predicted molar refractivity (Wildman–Crippen MR) is 102 cm³/mol. The van der Waals surface area contributed by atoms with E-state index < -0.39 is 17.9 Å². The highest BCUT2D eigenvalue weighted by Gasteiger charge is 2.24. The standard InChI is InChI=1S/C20H25FN2O5/c1-4-11-27-15(3)20(26)28-13-19(25)23-9-7-22(8-10-23)18-6-5-16(14(2)24)12-17(18)21/h4-6,12,15H,1,7-11,13H2,2-3H3. The molecule has 0 saturated carbocycles. The normalized spacial score (nSPS) is 15.1. The number of esters is 1. The Kier molecular flexibility index (Phi) is 7.69. The molecule has 1 heterocycles. The molecule has 1 aromatic rings. The van der Waals surface area contributed by atoms with Gasteiger partial charge in [-0.15, -0.1) is 6.58 Å². The number of Topliss-reactive ketones (excluding diaryl/α,β-unsaturated/α-hetero) is 1. The van der Waals surface area contributed by atoms with Crippen LogP contribution in [0.1, 0.15) is 24.2 Å². The maximum atomic E-state index is 14.3. The highest BCUT2D eigenvalue weighted by Crippen LogP contribution is 2.22. The van der Waals surface area contributed by atoms with Crippen LogP contribution in [0.2, 0.25) is 0 Å². The molecule has 0 N–H and O–H groups in total. The fourth-order valence-corrected chi connectivity index (χ4v) is 2.80. The lowest BCUT2D eigenvalue weighted by Crippen LogP contribution is -2.50. The number of hydrogen-bond donors (Lipinski definition) is 0. The van der Waals surface area contributed by atoms with Crippen molar-refractivity contribution in [2.75, 3.05) is 44.3 Å². The average molecular weight is 392 g/mol. The first-order chi connectivity index (χ1) is 13.3. The molecule has 1 unspecified atom stereocenters. The van der Waals surface area contributed by atoms with E-state index in [1.165, 1.54) is 19.1 Å². The molecule has 7 nitrogen and oxygen atoms in total. The van der Waals surface area contributed by atoms with Gasteiger partial charge in [-0.3, -0.25) is 9.59 Å². The summed E-state index contributed by atoms with van der Waals surface area (Å²) in [6.45, 7) is 7.92. The van der Waals surface area contributed by atoms with Gasteiger partial charge in [0.25, 0.3) is 5.91 Å². The quantitative estimate of drug-likeness (QED) is 0.382. The lowest BCUT2D eigenvalue weighted by Gasteiger charge is -2.36. The molecule has 2 rings (SSSR count). The minimum atomic E-state index is -0.774. The summed E-state index contributed by atoms with van der Waals surface area (Å²) in [6.07, 6.45) is 0.744. The number of halogens is 1. The number of carbonyl (C=O) groups is 3. The van der Waals surface area contributed by atoms with Crippen LogP contribution in [0.4, 0.5) is 10.1 Å². The Bertz CT molecular complexity index is 744. The number of hydrogen-bond acceptors (Lipinski definition) is 6. The predicted octanol–water partition coefficient (Wildman–Crippen LogP) is 1.81. The molecule has 0 aromatic heterocycles. The number of carbonyl (C=O) groups excluding carboxylic acids is 3. The Hall–Kier alpha value is -2.74. The number of ether oxygens (including phenoxy) is 2. The van der Waals surface area contributed by atoms with Crippen LogP contribution in [0.5, 0.6) is 0 Å². The van der Waals surface area contributed by atoms with E-state index in [1.54, 1.807) is 24.0 Å². The minimum Gasteiger partial charge on any atom is -0.454 e. The Morgan fingerprint density at radius 2 is 1.93 bits per heavy atom. The van der Waals surface area contributed by atoms with Gasteiger partial charge in [-0.1, -0.05) is 6.08 Å². The Labute approximate surface area is 163 Å². The largest absolute Gasteiger partial charge is 0.454 e. The van der Waals surface area contributed by atoms with Gasteiger partial charge >= 0.3 is 5.97 Å². The summed E-state index contributed by atoms with van der Waals surface area (Å²) in [5.74, 6) is -1.58. The highest BCUT2D eigenvalue weighted by molar-refractivity contribution is 5.94. The average Bonchev–Trinajstić information content (AvgIpc) is 2.69. The van der Waals surface area contributed by atoms with Gasteiger partial charge < -0.3 is 19.3 Å². The number of piperazine rings is 1. The zero-order valence-electron chi connectivity index (χ0n) is 16.2. The Morgan fingerprint density at radius 3 is 2.50 bits per heavy atom. The summed E-state index contributed by atoms with van der Waals surface area (Å²) in [7, 11) is 0. The first kappa shape index (κ1) is 21.6. The van der Waals surface area contributed by atoms with Crippen LogP contribution in [-0.2, 0) is 19.1 Å². The Morgan fingerprint density at radius 1 is 1.25 bits per heavy atom. The smallest absolute Gasteiger partial charge is 0.335 e. The molecule has 0 spiro atoms. The van der Waals surface area contributed by atoms with Gasteiger partial charge in [-0.05, 0) is 32.0 Å². The number of benzene rings is 1. The van der Waals surface area contributed by atoms with Crippen molar-refractivity contribution in [3.8, 4) is 0 Å². The molecule has 1 aliphatic rings. The number of rotatable bonds is 8. The SMILES string of the molecule is C=CCOC(C)C(=O)OCC(=O)N1CCN(c2ccc(C(C)=O)cc2F)CC1. The fraction of sp³-hybridized carbons (Fsp3) is 0.450.